The summed E-state index contributed by atoms with van der Waals surface area (Å²) in [6.45, 7) is 5.39. The molecule has 1 N–H and O–H groups in total. The van der Waals surface area contributed by atoms with Crippen molar-refractivity contribution < 1.29 is 9.18 Å². The van der Waals surface area contributed by atoms with Crippen LogP contribution in [0.4, 0.5) is 26.4 Å². The number of urea groups is 1. The summed E-state index contributed by atoms with van der Waals surface area (Å²) >= 11 is 0. The minimum atomic E-state index is -0.509. The van der Waals surface area contributed by atoms with E-state index in [9.17, 15) is 9.18 Å². The van der Waals surface area contributed by atoms with Gasteiger partial charge in [0.2, 0.25) is 0 Å². The Morgan fingerprint density at radius 2 is 2.06 bits per heavy atom. The number of pyridine rings is 2. The predicted molar refractivity (Wildman–Crippen MR) is 121 cm³/mol. The SMILES string of the molecule is Cc1cn2cc(NC(=O)N3CCc4c(N5CCN(C)C6(CC6)C5)ccnc43)c(F)cc2n1. The number of rotatable bonds is 2. The van der Waals surface area contributed by atoms with Gasteiger partial charge in [-0.05, 0) is 39.3 Å². The monoisotopic (exact) mass is 435 g/mol. The minimum Gasteiger partial charge on any atom is -0.368 e. The number of aromatic nitrogens is 3. The van der Waals surface area contributed by atoms with Crippen molar-refractivity contribution in [1.82, 2.24) is 19.3 Å². The number of carbonyl (C=O) groups excluding carboxylic acids is 1. The standard InChI is InChI=1S/C23H26FN7O/c1-15-12-30-13-18(17(24)11-20(30)26-15)27-22(32)31-8-4-16-19(3-7-25-21(16)31)29-10-9-28(2)23(14-29)5-6-23/h3,7,11-13H,4-6,8-10,14H2,1-2H3,(H,27,32). The van der Waals surface area contributed by atoms with Gasteiger partial charge in [-0.3, -0.25) is 9.80 Å². The fraction of sp³-hybridized carbons (Fsp3) is 0.435. The van der Waals surface area contributed by atoms with Gasteiger partial charge >= 0.3 is 6.03 Å². The lowest BCUT2D eigenvalue weighted by Crippen LogP contribution is -2.53. The zero-order chi connectivity index (χ0) is 22.0. The van der Waals surface area contributed by atoms with E-state index < -0.39 is 5.82 Å². The van der Waals surface area contributed by atoms with Gasteiger partial charge in [-0.15, -0.1) is 0 Å². The molecule has 0 atom stereocenters. The number of imidazole rings is 1. The molecular weight excluding hydrogens is 409 g/mol. The molecule has 1 saturated carbocycles. The Kier molecular flexibility index (Phi) is 4.20. The number of carbonyl (C=O) groups is 1. The van der Waals surface area contributed by atoms with E-state index in [1.54, 1.807) is 27.9 Å². The summed E-state index contributed by atoms with van der Waals surface area (Å²) < 4.78 is 16.3. The van der Waals surface area contributed by atoms with Gasteiger partial charge in [-0.25, -0.2) is 19.2 Å². The second-order valence-corrected chi connectivity index (χ2v) is 9.21. The van der Waals surface area contributed by atoms with Crippen LogP contribution in [0.3, 0.4) is 0 Å². The van der Waals surface area contributed by atoms with Gasteiger partial charge in [0.05, 0.1) is 11.4 Å². The van der Waals surface area contributed by atoms with Crippen LogP contribution < -0.4 is 15.1 Å². The fourth-order valence-corrected chi connectivity index (χ4v) is 5.13. The predicted octanol–water partition coefficient (Wildman–Crippen LogP) is 3.06. The first-order valence-corrected chi connectivity index (χ1v) is 11.1. The normalized spacial score (nSPS) is 19.6. The van der Waals surface area contributed by atoms with Gasteiger partial charge < -0.3 is 14.6 Å². The van der Waals surface area contributed by atoms with Crippen molar-refractivity contribution in [3.8, 4) is 0 Å². The number of hydrogen-bond donors (Lipinski definition) is 1. The van der Waals surface area contributed by atoms with Crippen LogP contribution in [0, 0.1) is 12.7 Å². The molecule has 3 aliphatic rings. The highest BCUT2D eigenvalue weighted by Gasteiger charge is 2.50. The van der Waals surface area contributed by atoms with E-state index in [4.69, 9.17) is 0 Å². The number of piperazine rings is 1. The summed E-state index contributed by atoms with van der Waals surface area (Å²) in [7, 11) is 2.22. The van der Waals surface area contributed by atoms with Crippen molar-refractivity contribution in [1.29, 1.82) is 0 Å². The smallest absolute Gasteiger partial charge is 0.327 e. The van der Waals surface area contributed by atoms with Crippen molar-refractivity contribution in [3.63, 3.8) is 0 Å². The molecule has 6 rings (SSSR count). The maximum atomic E-state index is 14.6. The van der Waals surface area contributed by atoms with Crippen molar-refractivity contribution >= 4 is 28.9 Å². The Morgan fingerprint density at radius 1 is 1.22 bits per heavy atom. The van der Waals surface area contributed by atoms with E-state index in [1.165, 1.54) is 24.6 Å². The van der Waals surface area contributed by atoms with Gasteiger partial charge in [0.1, 0.15) is 11.5 Å². The third-order valence-electron chi connectivity index (χ3n) is 7.17. The van der Waals surface area contributed by atoms with Crippen molar-refractivity contribution in [2.24, 2.45) is 0 Å². The summed E-state index contributed by atoms with van der Waals surface area (Å²) in [5.74, 6) is 0.161. The fourth-order valence-electron chi connectivity index (χ4n) is 5.13. The van der Waals surface area contributed by atoms with Gasteiger partial charge in [0.15, 0.2) is 5.82 Å². The first-order valence-electron chi connectivity index (χ1n) is 11.1. The average molecular weight is 436 g/mol. The van der Waals surface area contributed by atoms with Crippen LogP contribution in [0.15, 0.2) is 30.7 Å². The van der Waals surface area contributed by atoms with Gasteiger partial charge in [-0.1, -0.05) is 0 Å². The highest BCUT2D eigenvalue weighted by atomic mass is 19.1. The number of aryl methyl sites for hydroxylation is 1. The molecule has 1 aliphatic carbocycles. The largest absolute Gasteiger partial charge is 0.368 e. The number of anilines is 3. The Morgan fingerprint density at radius 3 is 2.88 bits per heavy atom. The molecule has 2 fully saturated rings. The van der Waals surface area contributed by atoms with Crippen LogP contribution in [0.1, 0.15) is 24.1 Å². The third kappa shape index (κ3) is 3.02. The third-order valence-corrected chi connectivity index (χ3v) is 7.17. The summed E-state index contributed by atoms with van der Waals surface area (Å²) in [6.07, 6.45) is 8.36. The van der Waals surface area contributed by atoms with E-state index in [2.05, 4.69) is 38.2 Å². The average Bonchev–Trinajstić information content (AvgIpc) is 3.24. The lowest BCUT2D eigenvalue weighted by Gasteiger charge is -2.41. The Balaban J connectivity index is 1.25. The van der Waals surface area contributed by atoms with Gasteiger partial charge in [0.25, 0.3) is 0 Å². The molecule has 9 heteroatoms. The van der Waals surface area contributed by atoms with E-state index in [-0.39, 0.29) is 11.7 Å². The number of halogens is 1. The number of nitrogens with one attached hydrogen (secondary N) is 1. The minimum absolute atomic E-state index is 0.124. The van der Waals surface area contributed by atoms with Crippen LogP contribution >= 0.6 is 0 Å². The van der Waals surface area contributed by atoms with Crippen LogP contribution in [-0.2, 0) is 6.42 Å². The molecule has 8 nitrogen and oxygen atoms in total. The molecule has 1 saturated heterocycles. The summed E-state index contributed by atoms with van der Waals surface area (Å²) in [4.78, 5) is 28.4. The van der Waals surface area contributed by atoms with Gasteiger partial charge in [-0.2, -0.15) is 0 Å². The number of hydrogen-bond acceptors (Lipinski definition) is 5. The highest BCUT2D eigenvalue weighted by molar-refractivity contribution is 6.03. The Bertz CT molecular complexity index is 1230. The zero-order valence-electron chi connectivity index (χ0n) is 18.3. The lowest BCUT2D eigenvalue weighted by atomic mass is 10.1. The molecule has 1 spiro atoms. The number of fused-ring (bicyclic) bond motifs is 2. The maximum absolute atomic E-state index is 14.6. The molecular formula is C23H26FN7O. The lowest BCUT2D eigenvalue weighted by molar-refractivity contribution is 0.198. The molecule has 0 unspecified atom stereocenters. The van der Waals surface area contributed by atoms with E-state index >= 15 is 0 Å². The first-order chi connectivity index (χ1) is 15.4. The van der Waals surface area contributed by atoms with E-state index in [1.807, 2.05) is 6.92 Å². The van der Waals surface area contributed by atoms with Crippen LogP contribution in [-0.4, -0.2) is 64.1 Å². The van der Waals surface area contributed by atoms with Gasteiger partial charge in [0, 0.05) is 67.6 Å². The topological polar surface area (TPSA) is 69.0 Å². The molecule has 166 valence electrons. The highest BCUT2D eigenvalue weighted by Crippen LogP contribution is 2.45. The second kappa shape index (κ2) is 6.90. The second-order valence-electron chi connectivity index (χ2n) is 9.21. The molecule has 0 radical (unpaired) electrons. The summed E-state index contributed by atoms with van der Waals surface area (Å²) in [5, 5.41) is 2.73. The van der Waals surface area contributed by atoms with Crippen molar-refractivity contribution in [2.45, 2.75) is 31.7 Å². The van der Waals surface area contributed by atoms with Crippen LogP contribution in [0.25, 0.3) is 5.65 Å². The zero-order valence-corrected chi connectivity index (χ0v) is 18.3. The molecule has 0 aromatic carbocycles. The molecule has 2 amide bonds. The Hall–Kier alpha value is -3.20. The van der Waals surface area contributed by atoms with E-state index in [0.717, 1.165) is 37.3 Å². The van der Waals surface area contributed by atoms with Crippen molar-refractivity contribution in [2.75, 3.05) is 48.3 Å². The van der Waals surface area contributed by atoms with E-state index in [0.29, 0.717) is 23.5 Å². The molecule has 32 heavy (non-hydrogen) atoms. The molecule has 3 aromatic heterocycles. The summed E-state index contributed by atoms with van der Waals surface area (Å²) in [6, 6.07) is 3.02. The quantitative estimate of drug-likeness (QED) is 0.670. The molecule has 0 bridgehead atoms. The summed E-state index contributed by atoms with van der Waals surface area (Å²) in [5.41, 5.74) is 4.01. The Labute approximate surface area is 185 Å². The van der Waals surface area contributed by atoms with Crippen LogP contribution in [0.2, 0.25) is 0 Å². The number of likely N-dealkylation sites (N-methyl/N-ethyl adjacent to an activating group) is 1. The maximum Gasteiger partial charge on any atom is 0.327 e. The first kappa shape index (κ1) is 19.5. The molecule has 2 aliphatic heterocycles. The van der Waals surface area contributed by atoms with Crippen LogP contribution in [0.5, 0.6) is 0 Å². The number of amides is 2. The molecule has 3 aromatic rings. The molecule has 5 heterocycles. The number of nitrogens with zero attached hydrogens (tertiary/aromatic N) is 6. The van der Waals surface area contributed by atoms with Crippen molar-refractivity contribution in [3.05, 3.63) is 47.8 Å².